The molecule has 3 aliphatic heterocycles. The summed E-state index contributed by atoms with van der Waals surface area (Å²) in [6.45, 7) is 7.26. The Morgan fingerprint density at radius 1 is 0.541 bits per heavy atom. The lowest BCUT2D eigenvalue weighted by molar-refractivity contribution is -0.143. The van der Waals surface area contributed by atoms with E-state index in [1.807, 2.05) is 39.0 Å². The molecule has 1 saturated heterocycles. The average molecular weight is 1610 g/mol. The molecule has 3 aromatic carbocycles. The molecule has 1 fully saturated rings. The van der Waals surface area contributed by atoms with E-state index in [1.165, 1.54) is 82.0 Å². The van der Waals surface area contributed by atoms with Gasteiger partial charge in [0, 0.05) is 132 Å². The molecule has 13 N–H and O–H groups in total. The van der Waals surface area contributed by atoms with Crippen molar-refractivity contribution in [3.05, 3.63) is 160 Å². The molecular formula is C70H95N13O25S3. The van der Waals surface area contributed by atoms with Gasteiger partial charge < -0.3 is 72.5 Å². The minimum absolute atomic E-state index is 0. The van der Waals surface area contributed by atoms with Crippen LogP contribution in [0.5, 0.6) is 17.2 Å². The number of likely N-dealkylation sites (tertiary alicyclic amines) is 1. The normalized spacial score (nSPS) is 13.2. The topological polar surface area (TPSA) is 624 Å². The number of amides is 10. The van der Waals surface area contributed by atoms with E-state index in [1.54, 1.807) is 54.6 Å². The number of phenols is 3. The lowest BCUT2D eigenvalue weighted by Crippen LogP contribution is -2.44. The summed E-state index contributed by atoms with van der Waals surface area (Å²) < 4.78 is 13.5. The summed E-state index contributed by atoms with van der Waals surface area (Å²) in [5.74, 6) is -7.24. The van der Waals surface area contributed by atoms with E-state index < -0.39 is 70.9 Å². The van der Waals surface area contributed by atoms with Gasteiger partial charge in [0.25, 0.3) is 35.4 Å². The third-order valence-electron chi connectivity index (χ3n) is 13.1. The Kier molecular flexibility index (Phi) is 63.9. The van der Waals surface area contributed by atoms with Crippen molar-refractivity contribution in [3.8, 4) is 17.2 Å². The predicted octanol–water partition coefficient (Wildman–Crippen LogP) is 3.54. The number of rotatable bonds is 30. The molecule has 0 aliphatic carbocycles. The standard InChI is InChI=1S/C23H29N3O7S.C12H16N2O3.C11H13NO4S.C7H6O3.C6H8N2O2.C6H10O2.C4H9NO2S.CH4.2N2.O2/c1-3-4-5-10-19(28)24-11-12-26-20(29)13-18(22(26)31)34-14-16(23(32)33-2)25-21(30)15-8-6-7-9-17(15)27;1-2-3-4-5-10(15)13-8-9-14-11(16)6-7-12(14)17;1-16-11(15)8(6-17)12-10(14)7-4-2-3-5-9(7)13;8-6-4-2-1-3-5(6)7(9)10;7-3-4-8-5(9)1-2-6(8)10;1-2-3-4-5-6(7)8;1-7-4(6)3(5)2-8;;3*1-2/h4-9,16,18,27H,3,10-14H2,1-2H3,(H,24,28)(H,25,30);3-4,6-7H,2,5,8-9H2,1H3,(H,13,15);2-5,8,13,17H,6H2,1H3,(H,12,14);1-4,8H,(H,9,10);1-2H,3-4,7H2;3-4H,2,5H2,1H3,(H,7,8);3,8H,2,5H2,1H3;1H4;;;/b5-4-;4-3-;;;;4-3-;;;;;. The zero-order valence-electron chi connectivity index (χ0n) is 60.8. The number of aromatic hydroxyl groups is 3. The lowest BCUT2D eigenvalue weighted by Gasteiger charge is -2.18. The van der Waals surface area contributed by atoms with Crippen LogP contribution in [-0.4, -0.2) is 230 Å². The van der Waals surface area contributed by atoms with Crippen LogP contribution >= 0.6 is 37.0 Å². The number of carbonyl (C=O) groups is 15. The van der Waals surface area contributed by atoms with E-state index in [2.05, 4.69) is 56.0 Å². The smallest absolute Gasteiger partial charge is 0.339 e. The Morgan fingerprint density at radius 3 is 1.22 bits per heavy atom. The largest absolute Gasteiger partial charge is 0.507 e. The number of methoxy groups -OCH3 is 3. The van der Waals surface area contributed by atoms with Crippen molar-refractivity contribution in [2.75, 3.05) is 77.9 Å². The van der Waals surface area contributed by atoms with Crippen LogP contribution in [0.1, 0.15) is 104 Å². The molecule has 3 aliphatic rings. The van der Waals surface area contributed by atoms with Crippen LogP contribution in [0.4, 0.5) is 0 Å². The number of carboxylic acid groups (broad SMARTS) is 2. The number of aliphatic carboxylic acids is 1. The Bertz CT molecular complexity index is 3630. The fourth-order valence-electron chi connectivity index (χ4n) is 7.80. The van der Waals surface area contributed by atoms with Crippen LogP contribution in [0.25, 0.3) is 0 Å². The third kappa shape index (κ3) is 45.9. The molecule has 3 aromatic rings. The number of ether oxygens (including phenoxy) is 3. The molecule has 0 spiro atoms. The number of nitrogens with zero attached hydrogens (tertiary/aromatic N) is 7. The molecule has 4 atom stereocenters. The summed E-state index contributed by atoms with van der Waals surface area (Å²) >= 11 is 8.79. The molecule has 608 valence electrons. The van der Waals surface area contributed by atoms with Crippen LogP contribution in [0.2, 0.25) is 0 Å². The molecular weight excluding hydrogens is 1520 g/mol. The third-order valence-corrected chi connectivity index (χ3v) is 15.2. The maximum absolute atomic E-state index is 12.7. The minimum Gasteiger partial charge on any atom is -0.507 e. The second-order valence-electron chi connectivity index (χ2n) is 20.8. The van der Waals surface area contributed by atoms with E-state index in [0.29, 0.717) is 25.3 Å². The number of nitrogens with two attached hydrogens (primary N) is 2. The Balaban J connectivity index is -0.000000416. The highest BCUT2D eigenvalue weighted by Crippen LogP contribution is 2.26. The van der Waals surface area contributed by atoms with Gasteiger partial charge in [-0.1, -0.05) is 101 Å². The summed E-state index contributed by atoms with van der Waals surface area (Å²) in [5, 5.41) is 78.2. The number of thiol groups is 2. The Hall–Kier alpha value is -12.2. The van der Waals surface area contributed by atoms with Crippen LogP contribution in [-0.2, 0) is 71.7 Å². The number of phenolic OH excluding ortho intramolecular Hbond substituents is 2. The summed E-state index contributed by atoms with van der Waals surface area (Å²) in [7, 11) is 3.70. The summed E-state index contributed by atoms with van der Waals surface area (Å²) in [6.07, 6.45) is 19.1. The number of aromatic carboxylic acids is 1. The van der Waals surface area contributed by atoms with Crippen molar-refractivity contribution in [3.63, 3.8) is 0 Å². The van der Waals surface area contributed by atoms with Crippen molar-refractivity contribution < 1.29 is 112 Å². The lowest BCUT2D eigenvalue weighted by atomic mass is 10.2. The molecule has 0 bridgehead atoms. The van der Waals surface area contributed by atoms with Gasteiger partial charge in [-0.25, -0.2) is 14.4 Å². The SMILES string of the molecule is C.CC/C=C\CC(=O)NCCN1C(=O)C=CC1=O.CC/C=C\CC(=O)NCCN1C(=O)CC(SCC(NC(=O)c2ccccc2O)C(=O)OC)C1=O.CC/C=C\CC(=O)O.COC(=O)C(CS)NC(=O)c1ccccc1O.COC(=O)C(N)CS.N#N.N#N.NCCN1C(=O)C=CC1=O.O=C(O)c1ccccc1O.O=O. The van der Waals surface area contributed by atoms with Gasteiger partial charge in [-0.05, 0) is 55.7 Å². The molecule has 4 unspecified atom stereocenters. The van der Waals surface area contributed by atoms with E-state index in [4.69, 9.17) is 63.0 Å². The fourth-order valence-corrected chi connectivity index (χ4v) is 9.37. The molecule has 0 aromatic heterocycles. The van der Waals surface area contributed by atoms with Crippen molar-refractivity contribution in [2.45, 2.75) is 96.5 Å². The number of nitrogens with one attached hydrogen (secondary N) is 4. The van der Waals surface area contributed by atoms with Crippen LogP contribution in [0.3, 0.4) is 0 Å². The second kappa shape index (κ2) is 66.1. The molecule has 41 heteroatoms. The molecule has 111 heavy (non-hydrogen) atoms. The van der Waals surface area contributed by atoms with Gasteiger partial charge in [-0.2, -0.15) is 25.3 Å². The van der Waals surface area contributed by atoms with Crippen molar-refractivity contribution in [1.82, 2.24) is 36.0 Å². The zero-order valence-corrected chi connectivity index (χ0v) is 63.4. The van der Waals surface area contributed by atoms with Crippen LogP contribution < -0.4 is 32.7 Å². The van der Waals surface area contributed by atoms with E-state index >= 15 is 0 Å². The summed E-state index contributed by atoms with van der Waals surface area (Å²) in [5.41, 5.74) is 10.4. The molecule has 0 saturated carbocycles. The van der Waals surface area contributed by atoms with Gasteiger partial charge in [-0.3, -0.25) is 72.2 Å². The van der Waals surface area contributed by atoms with Gasteiger partial charge in [-0.15, -0.1) is 11.8 Å². The average Bonchev–Trinajstić information content (AvgIpc) is 1.73. The monoisotopic (exact) mass is 1610 g/mol. The number of para-hydroxylation sites is 3. The molecule has 6 rings (SSSR count). The number of hydrogen-bond donors (Lipinski definition) is 13. The first-order valence-electron chi connectivity index (χ1n) is 32.4. The van der Waals surface area contributed by atoms with Crippen molar-refractivity contribution in [2.24, 2.45) is 11.5 Å². The second-order valence-corrected chi connectivity index (χ2v) is 22.8. The first-order chi connectivity index (χ1) is 52.5. The summed E-state index contributed by atoms with van der Waals surface area (Å²) in [4.78, 5) is 187. The zero-order chi connectivity index (χ0) is 84.7. The molecule has 10 amide bonds. The number of thioether (sulfide) groups is 1. The maximum Gasteiger partial charge on any atom is 0.339 e. The highest BCUT2D eigenvalue weighted by Gasteiger charge is 2.40. The van der Waals surface area contributed by atoms with Crippen molar-refractivity contribution >= 4 is 126 Å². The number of carbonyl (C=O) groups excluding carboxylic acids is 13. The molecule has 3 heterocycles. The van der Waals surface area contributed by atoms with Crippen LogP contribution in [0.15, 0.2) is 134 Å². The van der Waals surface area contributed by atoms with Crippen LogP contribution in [0, 0.1) is 31.5 Å². The van der Waals surface area contributed by atoms with Gasteiger partial charge in [0.15, 0.2) is 0 Å². The number of carboxylic acids is 2. The molecule has 38 nitrogen and oxygen atoms in total. The number of allylic oxidation sites excluding steroid dienone is 3. The number of imide groups is 3. The predicted molar refractivity (Wildman–Crippen MR) is 410 cm³/mol. The summed E-state index contributed by atoms with van der Waals surface area (Å²) in [6, 6.07) is 15.2. The first-order valence-corrected chi connectivity index (χ1v) is 34.7. The highest BCUT2D eigenvalue weighted by molar-refractivity contribution is 8.00. The minimum atomic E-state index is -1.11. The number of benzene rings is 3. The van der Waals surface area contributed by atoms with E-state index in [-0.39, 0.29) is 140 Å². The fraction of sp³-hybridized carbons (Fsp3) is 0.386. The van der Waals surface area contributed by atoms with E-state index in [9.17, 15) is 82.1 Å². The van der Waals surface area contributed by atoms with Crippen molar-refractivity contribution in [1.29, 1.82) is 21.6 Å². The first kappa shape index (κ1) is 107. The highest BCUT2D eigenvalue weighted by atomic mass is 32.2. The Labute approximate surface area is 655 Å². The maximum atomic E-state index is 12.7. The van der Waals surface area contributed by atoms with E-state index in [0.717, 1.165) is 45.7 Å². The quantitative estimate of drug-likeness (QED) is 0.0113. The number of esters is 3. The number of hydrogen-bond acceptors (Lipinski definition) is 32. The van der Waals surface area contributed by atoms with Gasteiger partial charge in [0.2, 0.25) is 23.6 Å². The van der Waals surface area contributed by atoms with Gasteiger partial charge in [0.1, 0.15) is 40.9 Å². The van der Waals surface area contributed by atoms with Gasteiger partial charge >= 0.3 is 29.8 Å². The van der Waals surface area contributed by atoms with Gasteiger partial charge in [0.05, 0.1) is 44.1 Å². The molecule has 0 radical (unpaired) electrons. The Morgan fingerprint density at radius 2 is 0.892 bits per heavy atom.